The molecule has 2 heterocycles. The second kappa shape index (κ2) is 8.11. The van der Waals surface area contributed by atoms with Crippen molar-refractivity contribution in [2.24, 2.45) is 0 Å². The van der Waals surface area contributed by atoms with Crippen LogP contribution >= 0.6 is 0 Å². The number of hydrogen-bond acceptors (Lipinski definition) is 5. The number of carboxylic acid groups (broad SMARTS) is 1. The van der Waals surface area contributed by atoms with E-state index in [2.05, 4.69) is 15.6 Å². The van der Waals surface area contributed by atoms with E-state index < -0.39 is 5.97 Å². The van der Waals surface area contributed by atoms with E-state index in [9.17, 15) is 9.59 Å². The number of carboxylic acids is 1. The minimum absolute atomic E-state index is 0.160. The quantitative estimate of drug-likeness (QED) is 0.679. The first-order valence-electron chi connectivity index (χ1n) is 7.49. The summed E-state index contributed by atoms with van der Waals surface area (Å²) in [7, 11) is 0. The third kappa shape index (κ3) is 5.57. The summed E-state index contributed by atoms with van der Waals surface area (Å²) in [5.74, 6) is -0.536. The standard InChI is InChI=1S/C15H20N4O4/c1-11-8-17-19(9-11)10-12-7-13(18-23-12)15(22)16-6-4-2-3-5-14(20)21/h7-9H,2-6,10H2,1H3,(H,16,22)(H,20,21). The number of aromatic nitrogens is 3. The first-order chi connectivity index (χ1) is 11.0. The van der Waals surface area contributed by atoms with Crippen molar-refractivity contribution in [2.45, 2.75) is 39.2 Å². The van der Waals surface area contributed by atoms with Gasteiger partial charge in [-0.1, -0.05) is 11.6 Å². The largest absolute Gasteiger partial charge is 0.481 e. The summed E-state index contributed by atoms with van der Waals surface area (Å²) in [4.78, 5) is 22.3. The van der Waals surface area contributed by atoms with Crippen LogP contribution < -0.4 is 5.32 Å². The van der Waals surface area contributed by atoms with Crippen molar-refractivity contribution in [1.82, 2.24) is 20.3 Å². The number of hydrogen-bond donors (Lipinski definition) is 2. The molecule has 2 N–H and O–H groups in total. The zero-order valence-electron chi connectivity index (χ0n) is 13.0. The molecule has 0 atom stereocenters. The lowest BCUT2D eigenvalue weighted by atomic mass is 10.2. The Hall–Kier alpha value is -2.64. The van der Waals surface area contributed by atoms with E-state index in [0.717, 1.165) is 18.4 Å². The Morgan fingerprint density at radius 3 is 2.87 bits per heavy atom. The van der Waals surface area contributed by atoms with E-state index in [1.54, 1.807) is 16.9 Å². The molecule has 0 aliphatic carbocycles. The molecule has 0 fully saturated rings. The molecular formula is C15H20N4O4. The Morgan fingerprint density at radius 1 is 1.35 bits per heavy atom. The highest BCUT2D eigenvalue weighted by Gasteiger charge is 2.12. The summed E-state index contributed by atoms with van der Waals surface area (Å²) in [5.41, 5.74) is 1.28. The van der Waals surface area contributed by atoms with Gasteiger partial charge in [-0.2, -0.15) is 5.10 Å². The molecule has 8 nitrogen and oxygen atoms in total. The van der Waals surface area contributed by atoms with Gasteiger partial charge < -0.3 is 14.9 Å². The molecule has 8 heteroatoms. The number of nitrogens with one attached hydrogen (secondary N) is 1. The van der Waals surface area contributed by atoms with Crippen molar-refractivity contribution < 1.29 is 19.2 Å². The number of unbranched alkanes of at least 4 members (excludes halogenated alkanes) is 2. The zero-order valence-corrected chi connectivity index (χ0v) is 13.0. The van der Waals surface area contributed by atoms with E-state index in [-0.39, 0.29) is 18.0 Å². The highest BCUT2D eigenvalue weighted by molar-refractivity contribution is 5.92. The Balaban J connectivity index is 1.72. The van der Waals surface area contributed by atoms with Crippen molar-refractivity contribution in [3.63, 3.8) is 0 Å². The van der Waals surface area contributed by atoms with Gasteiger partial charge in [0.15, 0.2) is 11.5 Å². The lowest BCUT2D eigenvalue weighted by molar-refractivity contribution is -0.137. The molecule has 1 amide bonds. The van der Waals surface area contributed by atoms with Crippen LogP contribution in [0.3, 0.4) is 0 Å². The van der Waals surface area contributed by atoms with Crippen molar-refractivity contribution in [3.8, 4) is 0 Å². The Kier molecular flexibility index (Phi) is 5.90. The van der Waals surface area contributed by atoms with Gasteiger partial charge in [0.1, 0.15) is 6.54 Å². The van der Waals surface area contributed by atoms with Gasteiger partial charge in [-0.3, -0.25) is 14.3 Å². The highest BCUT2D eigenvalue weighted by atomic mass is 16.5. The van der Waals surface area contributed by atoms with Crippen LogP contribution in [0.15, 0.2) is 23.0 Å². The number of carbonyl (C=O) groups excluding carboxylic acids is 1. The SMILES string of the molecule is Cc1cnn(Cc2cc(C(=O)NCCCCCC(=O)O)no2)c1. The lowest BCUT2D eigenvalue weighted by Gasteiger charge is -2.01. The maximum Gasteiger partial charge on any atom is 0.303 e. The fourth-order valence-corrected chi connectivity index (χ4v) is 2.08. The number of aliphatic carboxylic acids is 1. The number of rotatable bonds is 9. The predicted octanol–water partition coefficient (Wildman–Crippen LogP) is 1.60. The molecule has 0 aromatic carbocycles. The second-order valence-corrected chi connectivity index (χ2v) is 5.35. The predicted molar refractivity (Wildman–Crippen MR) is 81.0 cm³/mol. The van der Waals surface area contributed by atoms with E-state index in [1.165, 1.54) is 0 Å². The van der Waals surface area contributed by atoms with Gasteiger partial charge in [-0.25, -0.2) is 0 Å². The molecule has 2 aromatic heterocycles. The molecule has 0 radical (unpaired) electrons. The number of amides is 1. The molecule has 2 aromatic rings. The van der Waals surface area contributed by atoms with Crippen LogP contribution in [0.5, 0.6) is 0 Å². The maximum atomic E-state index is 11.9. The van der Waals surface area contributed by atoms with E-state index in [1.807, 2.05) is 13.1 Å². The topological polar surface area (TPSA) is 110 Å². The van der Waals surface area contributed by atoms with E-state index in [4.69, 9.17) is 9.63 Å². The smallest absolute Gasteiger partial charge is 0.303 e. The molecule has 0 aliphatic heterocycles. The Labute approximate surface area is 133 Å². The minimum Gasteiger partial charge on any atom is -0.481 e. The fourth-order valence-electron chi connectivity index (χ4n) is 2.08. The molecule has 0 aliphatic rings. The summed E-state index contributed by atoms with van der Waals surface area (Å²) < 4.78 is 6.84. The highest BCUT2D eigenvalue weighted by Crippen LogP contribution is 2.07. The van der Waals surface area contributed by atoms with Gasteiger partial charge in [-0.05, 0) is 25.3 Å². The van der Waals surface area contributed by atoms with Crippen molar-refractivity contribution >= 4 is 11.9 Å². The molecule has 0 bridgehead atoms. The average molecular weight is 320 g/mol. The fraction of sp³-hybridized carbons (Fsp3) is 0.467. The Bertz CT molecular complexity index is 662. The molecule has 0 spiro atoms. The van der Waals surface area contributed by atoms with Crippen LogP contribution in [0.25, 0.3) is 0 Å². The van der Waals surface area contributed by atoms with Crippen LogP contribution in [-0.4, -0.2) is 38.5 Å². The van der Waals surface area contributed by atoms with Crippen LogP contribution in [0.1, 0.15) is 47.5 Å². The first-order valence-corrected chi connectivity index (χ1v) is 7.49. The van der Waals surface area contributed by atoms with Gasteiger partial charge in [0, 0.05) is 25.2 Å². The van der Waals surface area contributed by atoms with Crippen molar-refractivity contribution in [2.75, 3.05) is 6.54 Å². The van der Waals surface area contributed by atoms with Gasteiger partial charge in [0.05, 0.1) is 6.20 Å². The molecule has 0 saturated carbocycles. The van der Waals surface area contributed by atoms with E-state index in [0.29, 0.717) is 25.3 Å². The molecule has 124 valence electrons. The normalized spacial score (nSPS) is 10.7. The van der Waals surface area contributed by atoms with Crippen molar-refractivity contribution in [1.29, 1.82) is 0 Å². The lowest BCUT2D eigenvalue weighted by Crippen LogP contribution is -2.24. The minimum atomic E-state index is -0.795. The van der Waals surface area contributed by atoms with Gasteiger partial charge in [0.2, 0.25) is 0 Å². The molecule has 0 saturated heterocycles. The maximum absolute atomic E-state index is 11.9. The van der Waals surface area contributed by atoms with Gasteiger partial charge in [-0.15, -0.1) is 0 Å². The Morgan fingerprint density at radius 2 is 2.17 bits per heavy atom. The summed E-state index contributed by atoms with van der Waals surface area (Å²) in [5, 5.41) is 19.2. The van der Waals surface area contributed by atoms with Gasteiger partial charge in [0.25, 0.3) is 5.91 Å². The summed E-state index contributed by atoms with van der Waals surface area (Å²) in [6, 6.07) is 1.59. The summed E-state index contributed by atoms with van der Waals surface area (Å²) in [6.45, 7) is 2.85. The van der Waals surface area contributed by atoms with Gasteiger partial charge >= 0.3 is 5.97 Å². The zero-order chi connectivity index (χ0) is 16.7. The number of nitrogens with zero attached hydrogens (tertiary/aromatic N) is 3. The molecular weight excluding hydrogens is 300 g/mol. The monoisotopic (exact) mass is 320 g/mol. The molecule has 23 heavy (non-hydrogen) atoms. The second-order valence-electron chi connectivity index (χ2n) is 5.35. The van der Waals surface area contributed by atoms with E-state index >= 15 is 0 Å². The first kappa shape index (κ1) is 16.7. The van der Waals surface area contributed by atoms with Crippen LogP contribution in [0.4, 0.5) is 0 Å². The average Bonchev–Trinajstić information content (AvgIpc) is 3.12. The molecule has 2 rings (SSSR count). The summed E-state index contributed by atoms with van der Waals surface area (Å²) in [6.07, 6.45) is 5.88. The van der Waals surface area contributed by atoms with Crippen molar-refractivity contribution in [3.05, 3.63) is 35.5 Å². The van der Waals surface area contributed by atoms with Crippen LogP contribution in [-0.2, 0) is 11.3 Å². The third-order valence-electron chi connectivity index (χ3n) is 3.22. The van der Waals surface area contributed by atoms with Crippen LogP contribution in [0.2, 0.25) is 0 Å². The molecule has 0 unspecified atom stereocenters. The third-order valence-corrected chi connectivity index (χ3v) is 3.22. The number of aryl methyl sites for hydroxylation is 1. The number of carbonyl (C=O) groups is 2. The summed E-state index contributed by atoms with van der Waals surface area (Å²) >= 11 is 0. The van der Waals surface area contributed by atoms with Crippen LogP contribution in [0, 0.1) is 6.92 Å².